The quantitative estimate of drug-likeness (QED) is 0.161. The second-order valence-electron chi connectivity index (χ2n) is 14.5. The molecule has 0 unspecified atom stereocenters. The van der Waals surface area contributed by atoms with Gasteiger partial charge in [-0.15, -0.1) is 0 Å². The third-order valence-electron chi connectivity index (χ3n) is 10.9. The van der Waals surface area contributed by atoms with Crippen molar-refractivity contribution in [1.82, 2.24) is 24.9 Å². The fourth-order valence-corrected chi connectivity index (χ4v) is 7.83. The lowest BCUT2D eigenvalue weighted by Crippen LogP contribution is -2.00. The first kappa shape index (κ1) is 34.2. The van der Waals surface area contributed by atoms with Gasteiger partial charge in [-0.1, -0.05) is 188 Å². The normalized spacial score (nSPS) is 11.4. The third-order valence-corrected chi connectivity index (χ3v) is 10.9. The number of aromatic nitrogens is 5. The molecule has 0 aliphatic heterocycles. The third kappa shape index (κ3) is 6.39. The molecule has 0 saturated heterocycles. The van der Waals surface area contributed by atoms with E-state index in [-0.39, 0.29) is 0 Å². The second-order valence-corrected chi connectivity index (χ2v) is 14.5. The average molecular weight is 756 g/mol. The van der Waals surface area contributed by atoms with E-state index >= 15 is 0 Å². The van der Waals surface area contributed by atoms with Gasteiger partial charge >= 0.3 is 0 Å². The van der Waals surface area contributed by atoms with Gasteiger partial charge in [-0.05, 0) is 50.2 Å². The minimum Gasteiger partial charge on any atom is -0.452 e. The van der Waals surface area contributed by atoms with Gasteiger partial charge in [-0.2, -0.15) is 0 Å². The Bertz CT molecular complexity index is 3270. The smallest absolute Gasteiger partial charge is 0.180 e. The van der Waals surface area contributed by atoms with Crippen LogP contribution in [0.2, 0.25) is 0 Å². The Kier molecular flexibility index (Phi) is 8.37. The Morgan fingerprint density at radius 3 is 1.25 bits per heavy atom. The first-order chi connectivity index (χ1) is 29.2. The van der Waals surface area contributed by atoms with Gasteiger partial charge in [0.2, 0.25) is 0 Å². The Balaban J connectivity index is 0.856. The van der Waals surface area contributed by atoms with Crippen molar-refractivity contribution in [3.05, 3.63) is 200 Å². The molecule has 3 heterocycles. The lowest BCUT2D eigenvalue weighted by atomic mass is 9.98. The molecule has 0 N–H and O–H groups in total. The molecule has 0 radical (unpaired) electrons. The molecule has 0 bridgehead atoms. The zero-order chi connectivity index (χ0) is 39.1. The van der Waals surface area contributed by atoms with E-state index in [0.29, 0.717) is 23.1 Å². The highest BCUT2D eigenvalue weighted by molar-refractivity contribution is 6.18. The van der Waals surface area contributed by atoms with E-state index < -0.39 is 0 Å². The number of fused-ring (bicyclic) bond motifs is 5. The van der Waals surface area contributed by atoms with Crippen LogP contribution in [0.5, 0.6) is 0 Å². The molecule has 6 heteroatoms. The lowest BCUT2D eigenvalue weighted by Gasteiger charge is -2.10. The number of hydrogen-bond donors (Lipinski definition) is 0. The van der Waals surface area contributed by atoms with E-state index in [1.165, 1.54) is 5.56 Å². The van der Waals surface area contributed by atoms with Crippen molar-refractivity contribution in [2.24, 2.45) is 0 Å². The van der Waals surface area contributed by atoms with Crippen molar-refractivity contribution in [1.29, 1.82) is 0 Å². The fraction of sp³-hybridized carbons (Fsp3) is 0. The molecule has 0 amide bonds. The Hall–Kier alpha value is -8.09. The largest absolute Gasteiger partial charge is 0.452 e. The first-order valence-electron chi connectivity index (χ1n) is 19.6. The summed E-state index contributed by atoms with van der Waals surface area (Å²) in [5.41, 5.74) is 13.7. The van der Waals surface area contributed by atoms with Crippen LogP contribution in [0.25, 0.3) is 112 Å². The number of rotatable bonds is 7. The predicted molar refractivity (Wildman–Crippen MR) is 238 cm³/mol. The second kappa shape index (κ2) is 14.4. The number of nitrogens with zero attached hydrogens (tertiary/aromatic N) is 5. The van der Waals surface area contributed by atoms with Crippen molar-refractivity contribution in [3.8, 4) is 78.8 Å². The summed E-state index contributed by atoms with van der Waals surface area (Å²) in [7, 11) is 0. The minimum atomic E-state index is 0.628. The standard InChI is InChI=1S/C53H33N5O/c1-3-9-34(10-4-1)35-21-27-43(28-22-35)52-56-51(42-12-5-2-6-13-42)57-53(58-52)44-29-23-39(24-30-44)37-17-15-36(16-18-37)38-19-25-41(26-20-38)48-50-49(55-33-54-48)47-45-14-8-7-11-40(45)31-32-46(47)59-50/h1-33H. The molecule has 0 saturated carbocycles. The van der Waals surface area contributed by atoms with Crippen molar-refractivity contribution in [2.45, 2.75) is 0 Å². The summed E-state index contributed by atoms with van der Waals surface area (Å²) in [4.78, 5) is 24.1. The molecule has 0 spiro atoms. The van der Waals surface area contributed by atoms with Crippen molar-refractivity contribution < 1.29 is 4.42 Å². The van der Waals surface area contributed by atoms with Gasteiger partial charge in [-0.3, -0.25) is 0 Å². The highest BCUT2D eigenvalue weighted by Gasteiger charge is 2.17. The van der Waals surface area contributed by atoms with Gasteiger partial charge in [-0.25, -0.2) is 24.9 Å². The van der Waals surface area contributed by atoms with Crippen LogP contribution >= 0.6 is 0 Å². The number of hydrogen-bond acceptors (Lipinski definition) is 6. The van der Waals surface area contributed by atoms with Gasteiger partial charge in [0.15, 0.2) is 23.1 Å². The molecular formula is C53H33N5O. The van der Waals surface area contributed by atoms with Crippen molar-refractivity contribution in [2.75, 3.05) is 0 Å². The van der Waals surface area contributed by atoms with Crippen LogP contribution in [0.1, 0.15) is 0 Å². The summed E-state index contributed by atoms with van der Waals surface area (Å²) >= 11 is 0. The zero-order valence-corrected chi connectivity index (χ0v) is 31.7. The first-order valence-corrected chi connectivity index (χ1v) is 19.6. The monoisotopic (exact) mass is 755 g/mol. The molecule has 6 nitrogen and oxygen atoms in total. The molecule has 0 fully saturated rings. The van der Waals surface area contributed by atoms with Crippen LogP contribution in [0.15, 0.2) is 205 Å². The van der Waals surface area contributed by atoms with E-state index in [2.05, 4.69) is 149 Å². The molecule has 0 aliphatic carbocycles. The summed E-state index contributed by atoms with van der Waals surface area (Å²) < 4.78 is 6.38. The maximum Gasteiger partial charge on any atom is 0.180 e. The molecular weight excluding hydrogens is 723 g/mol. The molecule has 3 aromatic heterocycles. The molecule has 276 valence electrons. The molecule has 11 rings (SSSR count). The zero-order valence-electron chi connectivity index (χ0n) is 31.7. The molecule has 11 aromatic rings. The maximum atomic E-state index is 6.38. The molecule has 0 atom stereocenters. The summed E-state index contributed by atoms with van der Waals surface area (Å²) in [5.74, 6) is 1.90. The molecule has 59 heavy (non-hydrogen) atoms. The van der Waals surface area contributed by atoms with Crippen LogP contribution in [0.4, 0.5) is 0 Å². The topological polar surface area (TPSA) is 77.6 Å². The summed E-state index contributed by atoms with van der Waals surface area (Å²) in [6.45, 7) is 0. The van der Waals surface area contributed by atoms with Crippen molar-refractivity contribution in [3.63, 3.8) is 0 Å². The van der Waals surface area contributed by atoms with E-state index in [1.54, 1.807) is 6.33 Å². The van der Waals surface area contributed by atoms with Crippen LogP contribution in [0, 0.1) is 0 Å². The van der Waals surface area contributed by atoms with Gasteiger partial charge in [0, 0.05) is 22.3 Å². The lowest BCUT2D eigenvalue weighted by molar-refractivity contribution is 0.667. The summed E-state index contributed by atoms with van der Waals surface area (Å²) in [6, 6.07) is 66.8. The SMILES string of the molecule is c1ccc(-c2ccc(-c3nc(-c4ccccc4)nc(-c4ccc(-c5ccc(-c6ccc(-c7ncnc8c7oc7ccc9ccccc9c78)cc6)cc5)cc4)n3)cc2)cc1. The van der Waals surface area contributed by atoms with Gasteiger partial charge < -0.3 is 4.42 Å². The summed E-state index contributed by atoms with van der Waals surface area (Å²) in [6.07, 6.45) is 1.63. The van der Waals surface area contributed by atoms with E-state index in [9.17, 15) is 0 Å². The Labute approximate surface area is 340 Å². The predicted octanol–water partition coefficient (Wildman–Crippen LogP) is 13.4. The highest BCUT2D eigenvalue weighted by Crippen LogP contribution is 2.38. The van der Waals surface area contributed by atoms with Gasteiger partial charge in [0.1, 0.15) is 23.1 Å². The minimum absolute atomic E-state index is 0.628. The van der Waals surface area contributed by atoms with Crippen LogP contribution in [-0.4, -0.2) is 24.9 Å². The van der Waals surface area contributed by atoms with E-state index in [1.807, 2.05) is 54.6 Å². The highest BCUT2D eigenvalue weighted by atomic mass is 16.3. The molecule has 8 aromatic carbocycles. The Morgan fingerprint density at radius 2 is 0.729 bits per heavy atom. The summed E-state index contributed by atoms with van der Waals surface area (Å²) in [5, 5.41) is 3.30. The van der Waals surface area contributed by atoms with Crippen LogP contribution in [0.3, 0.4) is 0 Å². The van der Waals surface area contributed by atoms with E-state index in [4.69, 9.17) is 19.4 Å². The van der Waals surface area contributed by atoms with E-state index in [0.717, 1.165) is 83.0 Å². The number of furan rings is 1. The number of benzene rings is 8. The van der Waals surface area contributed by atoms with Crippen molar-refractivity contribution >= 4 is 32.8 Å². The maximum absolute atomic E-state index is 6.38. The average Bonchev–Trinajstić information content (AvgIpc) is 3.72. The Morgan fingerprint density at radius 1 is 0.322 bits per heavy atom. The molecule has 0 aliphatic rings. The fourth-order valence-electron chi connectivity index (χ4n) is 7.83. The van der Waals surface area contributed by atoms with Gasteiger partial charge in [0.05, 0.1) is 5.39 Å². The van der Waals surface area contributed by atoms with Gasteiger partial charge in [0.25, 0.3) is 0 Å². The van der Waals surface area contributed by atoms with Crippen LogP contribution in [-0.2, 0) is 0 Å². The van der Waals surface area contributed by atoms with Crippen LogP contribution < -0.4 is 0 Å².